The smallest absolute Gasteiger partial charge is 0.264 e. The fourth-order valence-corrected chi connectivity index (χ4v) is 2.94. The Morgan fingerprint density at radius 1 is 1.08 bits per heavy atom. The predicted molar refractivity (Wildman–Crippen MR) is 112 cm³/mol. The van der Waals surface area contributed by atoms with Gasteiger partial charge >= 0.3 is 0 Å². The van der Waals surface area contributed by atoms with Gasteiger partial charge < -0.3 is 14.8 Å². The first-order chi connectivity index (χ1) is 11.9. The summed E-state index contributed by atoms with van der Waals surface area (Å²) in [6.45, 7) is 4.06. The molecular formula is C18H19IN2O3S. The van der Waals surface area contributed by atoms with E-state index in [0.717, 1.165) is 16.8 Å². The van der Waals surface area contributed by atoms with Gasteiger partial charge in [0.05, 0.1) is 14.2 Å². The topological polar surface area (TPSA) is 59.6 Å². The van der Waals surface area contributed by atoms with Crippen LogP contribution in [0.4, 0.5) is 5.69 Å². The number of halogens is 1. The molecule has 0 radical (unpaired) electrons. The Morgan fingerprint density at radius 3 is 2.08 bits per heavy atom. The number of carbonyl (C=O) groups is 1. The molecule has 2 aromatic rings. The third-order valence-electron chi connectivity index (χ3n) is 3.58. The number of methoxy groups -OCH3 is 2. The molecule has 132 valence electrons. The minimum absolute atomic E-state index is 0.206. The SMILES string of the molecule is COc1cccc(OC)c1C(=O)NC(=S)Nc1cc(C)c(I)c(C)c1. The van der Waals surface area contributed by atoms with Crippen LogP contribution in [0.2, 0.25) is 0 Å². The van der Waals surface area contributed by atoms with E-state index in [2.05, 4.69) is 33.2 Å². The standard InChI is InChI=1S/C18H19IN2O3S/c1-10-8-12(9-11(2)16(10)19)20-18(25)21-17(22)15-13(23-3)6-5-7-14(15)24-4/h5-9H,1-4H3,(H2,20,21,22,25). The van der Waals surface area contributed by atoms with Gasteiger partial charge in [0, 0.05) is 9.26 Å². The number of ether oxygens (including phenoxy) is 2. The summed E-state index contributed by atoms with van der Waals surface area (Å²) in [7, 11) is 3.00. The number of carbonyl (C=O) groups excluding carboxylic acids is 1. The fourth-order valence-electron chi connectivity index (χ4n) is 2.42. The number of hydrogen-bond acceptors (Lipinski definition) is 4. The molecule has 2 aromatic carbocycles. The molecule has 0 spiro atoms. The number of hydrogen-bond donors (Lipinski definition) is 2. The molecule has 0 unspecified atom stereocenters. The van der Waals surface area contributed by atoms with Gasteiger partial charge in [0.1, 0.15) is 17.1 Å². The van der Waals surface area contributed by atoms with Gasteiger partial charge in [0.2, 0.25) is 0 Å². The molecule has 0 atom stereocenters. The molecule has 25 heavy (non-hydrogen) atoms. The highest BCUT2D eigenvalue weighted by Gasteiger charge is 2.19. The lowest BCUT2D eigenvalue weighted by molar-refractivity contribution is 0.0971. The molecule has 5 nitrogen and oxygen atoms in total. The molecule has 0 aliphatic rings. The lowest BCUT2D eigenvalue weighted by Crippen LogP contribution is -2.34. The number of nitrogens with one attached hydrogen (secondary N) is 2. The Labute approximate surface area is 166 Å². The zero-order valence-corrected chi connectivity index (χ0v) is 17.4. The van der Waals surface area contributed by atoms with Gasteiger partial charge in [-0.1, -0.05) is 6.07 Å². The fraction of sp³-hybridized carbons (Fsp3) is 0.222. The van der Waals surface area contributed by atoms with Crippen LogP contribution in [0, 0.1) is 17.4 Å². The van der Waals surface area contributed by atoms with Crippen molar-refractivity contribution < 1.29 is 14.3 Å². The van der Waals surface area contributed by atoms with Gasteiger partial charge in [-0.15, -0.1) is 0 Å². The second kappa shape index (κ2) is 8.48. The summed E-state index contributed by atoms with van der Waals surface area (Å²) in [5, 5.41) is 5.91. The van der Waals surface area contributed by atoms with E-state index in [9.17, 15) is 4.79 Å². The van der Waals surface area contributed by atoms with E-state index in [4.69, 9.17) is 21.7 Å². The first-order valence-electron chi connectivity index (χ1n) is 7.47. The van der Waals surface area contributed by atoms with Crippen LogP contribution in [-0.2, 0) is 0 Å². The van der Waals surface area contributed by atoms with Crippen molar-refractivity contribution in [2.75, 3.05) is 19.5 Å². The van der Waals surface area contributed by atoms with Crippen molar-refractivity contribution in [3.63, 3.8) is 0 Å². The molecule has 2 N–H and O–H groups in total. The van der Waals surface area contributed by atoms with Crippen LogP contribution in [0.5, 0.6) is 11.5 Å². The van der Waals surface area contributed by atoms with Crippen LogP contribution in [0.1, 0.15) is 21.5 Å². The van der Waals surface area contributed by atoms with Crippen molar-refractivity contribution in [2.45, 2.75) is 13.8 Å². The highest BCUT2D eigenvalue weighted by molar-refractivity contribution is 14.1. The normalized spacial score (nSPS) is 10.1. The van der Waals surface area contributed by atoms with Crippen LogP contribution < -0.4 is 20.1 Å². The van der Waals surface area contributed by atoms with Crippen LogP contribution >= 0.6 is 34.8 Å². The van der Waals surface area contributed by atoms with Gasteiger partial charge in [-0.3, -0.25) is 10.1 Å². The van der Waals surface area contributed by atoms with Gasteiger partial charge in [-0.05, 0) is 84.0 Å². The molecule has 0 fully saturated rings. The number of aryl methyl sites for hydroxylation is 2. The maximum atomic E-state index is 12.6. The lowest BCUT2D eigenvalue weighted by atomic mass is 10.1. The Balaban J connectivity index is 2.18. The third kappa shape index (κ3) is 4.60. The van der Waals surface area contributed by atoms with E-state index >= 15 is 0 Å². The summed E-state index contributed by atoms with van der Waals surface area (Å²) in [5.74, 6) is 0.437. The monoisotopic (exact) mass is 470 g/mol. The number of amides is 1. The van der Waals surface area contributed by atoms with Crippen molar-refractivity contribution in [3.05, 3.63) is 50.6 Å². The third-order valence-corrected chi connectivity index (χ3v) is 5.48. The van der Waals surface area contributed by atoms with Crippen molar-refractivity contribution in [1.29, 1.82) is 0 Å². The highest BCUT2D eigenvalue weighted by atomic mass is 127. The van der Waals surface area contributed by atoms with Crippen molar-refractivity contribution >= 4 is 51.5 Å². The van der Waals surface area contributed by atoms with Crippen LogP contribution in [0.25, 0.3) is 0 Å². The molecule has 7 heteroatoms. The Hall–Kier alpha value is -1.87. The zero-order valence-electron chi connectivity index (χ0n) is 14.4. The van der Waals surface area contributed by atoms with Gasteiger partial charge in [-0.25, -0.2) is 0 Å². The number of thiocarbonyl (C=S) groups is 1. The molecular weight excluding hydrogens is 451 g/mol. The average molecular weight is 470 g/mol. The maximum Gasteiger partial charge on any atom is 0.264 e. The summed E-state index contributed by atoms with van der Waals surface area (Å²) in [5.41, 5.74) is 3.41. The summed E-state index contributed by atoms with van der Waals surface area (Å²) in [6.07, 6.45) is 0. The Kier molecular flexibility index (Phi) is 6.60. The molecule has 0 aliphatic heterocycles. The molecule has 0 saturated carbocycles. The average Bonchev–Trinajstić information content (AvgIpc) is 2.58. The van der Waals surface area contributed by atoms with Gasteiger partial charge in [-0.2, -0.15) is 0 Å². The van der Waals surface area contributed by atoms with Crippen LogP contribution in [-0.4, -0.2) is 25.2 Å². The number of rotatable bonds is 4. The van der Waals surface area contributed by atoms with E-state index in [1.165, 1.54) is 17.8 Å². The van der Waals surface area contributed by atoms with E-state index in [0.29, 0.717) is 17.1 Å². The number of anilines is 1. The Bertz CT molecular complexity index is 779. The molecule has 0 saturated heterocycles. The summed E-state index contributed by atoms with van der Waals surface area (Å²) >= 11 is 7.57. The quantitative estimate of drug-likeness (QED) is 0.522. The Morgan fingerprint density at radius 2 is 1.60 bits per heavy atom. The molecule has 2 rings (SSSR count). The van der Waals surface area contributed by atoms with Crippen LogP contribution in [0.3, 0.4) is 0 Å². The summed E-state index contributed by atoms with van der Waals surface area (Å²) in [4.78, 5) is 12.6. The second-order valence-electron chi connectivity index (χ2n) is 5.37. The molecule has 1 amide bonds. The lowest BCUT2D eigenvalue weighted by Gasteiger charge is -2.15. The molecule has 0 bridgehead atoms. The first-order valence-corrected chi connectivity index (χ1v) is 8.96. The predicted octanol–water partition coefficient (Wildman–Crippen LogP) is 4.05. The van der Waals surface area contributed by atoms with E-state index < -0.39 is 5.91 Å². The van der Waals surface area contributed by atoms with E-state index in [1.807, 2.05) is 26.0 Å². The minimum atomic E-state index is -0.397. The summed E-state index contributed by atoms with van der Waals surface area (Å²) in [6, 6.07) is 9.11. The zero-order chi connectivity index (χ0) is 18.6. The second-order valence-corrected chi connectivity index (χ2v) is 6.86. The van der Waals surface area contributed by atoms with E-state index in [1.54, 1.807) is 18.2 Å². The first kappa shape index (κ1) is 19.5. The minimum Gasteiger partial charge on any atom is -0.496 e. The molecule has 0 aromatic heterocycles. The highest BCUT2D eigenvalue weighted by Crippen LogP contribution is 2.28. The molecule has 0 aliphatic carbocycles. The van der Waals surface area contributed by atoms with Crippen molar-refractivity contribution in [2.24, 2.45) is 0 Å². The summed E-state index contributed by atoms with van der Waals surface area (Å²) < 4.78 is 11.7. The van der Waals surface area contributed by atoms with E-state index in [-0.39, 0.29) is 5.11 Å². The maximum absolute atomic E-state index is 12.6. The van der Waals surface area contributed by atoms with Crippen molar-refractivity contribution in [1.82, 2.24) is 5.32 Å². The van der Waals surface area contributed by atoms with Crippen LogP contribution in [0.15, 0.2) is 30.3 Å². The number of benzene rings is 2. The van der Waals surface area contributed by atoms with Gasteiger partial charge in [0.25, 0.3) is 5.91 Å². The largest absolute Gasteiger partial charge is 0.496 e. The van der Waals surface area contributed by atoms with Gasteiger partial charge in [0.15, 0.2) is 5.11 Å². The molecule has 0 heterocycles. The van der Waals surface area contributed by atoms with Crippen molar-refractivity contribution in [3.8, 4) is 11.5 Å².